The third-order valence-electron chi connectivity index (χ3n) is 5.73. The SMILES string of the molecule is COc1ccccc1Cn1nc(-c2cc(C(C)C)ccc2OCC(=O)O)cc1-c1ccc(F)cc1. The lowest BCUT2D eigenvalue weighted by atomic mass is 9.98. The summed E-state index contributed by atoms with van der Waals surface area (Å²) >= 11 is 0. The van der Waals surface area contributed by atoms with E-state index in [-0.39, 0.29) is 11.7 Å². The Labute approximate surface area is 203 Å². The van der Waals surface area contributed by atoms with Crippen molar-refractivity contribution in [2.24, 2.45) is 0 Å². The van der Waals surface area contributed by atoms with Gasteiger partial charge >= 0.3 is 5.97 Å². The van der Waals surface area contributed by atoms with Crippen molar-refractivity contribution in [3.05, 3.63) is 89.7 Å². The number of rotatable bonds is 9. The number of carboxylic acids is 1. The molecule has 7 heteroatoms. The van der Waals surface area contributed by atoms with Gasteiger partial charge in [0.1, 0.15) is 17.3 Å². The van der Waals surface area contributed by atoms with Crippen molar-refractivity contribution in [2.45, 2.75) is 26.3 Å². The van der Waals surface area contributed by atoms with E-state index in [2.05, 4.69) is 13.8 Å². The van der Waals surface area contributed by atoms with Crippen LogP contribution in [0.5, 0.6) is 11.5 Å². The number of carbonyl (C=O) groups is 1. The lowest BCUT2D eigenvalue weighted by Crippen LogP contribution is -2.10. The highest BCUT2D eigenvalue weighted by Gasteiger charge is 2.18. The van der Waals surface area contributed by atoms with Gasteiger partial charge in [0.2, 0.25) is 0 Å². The summed E-state index contributed by atoms with van der Waals surface area (Å²) in [6.07, 6.45) is 0. The zero-order chi connectivity index (χ0) is 24.9. The van der Waals surface area contributed by atoms with E-state index in [4.69, 9.17) is 19.7 Å². The highest BCUT2D eigenvalue weighted by molar-refractivity contribution is 5.74. The van der Waals surface area contributed by atoms with Crippen molar-refractivity contribution in [3.63, 3.8) is 0 Å². The highest BCUT2D eigenvalue weighted by Crippen LogP contribution is 2.35. The van der Waals surface area contributed by atoms with Crippen LogP contribution in [0.2, 0.25) is 0 Å². The van der Waals surface area contributed by atoms with Gasteiger partial charge < -0.3 is 14.6 Å². The molecule has 0 aliphatic rings. The third-order valence-corrected chi connectivity index (χ3v) is 5.73. The average Bonchev–Trinajstić information content (AvgIpc) is 3.26. The minimum absolute atomic E-state index is 0.259. The summed E-state index contributed by atoms with van der Waals surface area (Å²) in [5.41, 5.74) is 4.91. The summed E-state index contributed by atoms with van der Waals surface area (Å²) in [5, 5.41) is 14.0. The van der Waals surface area contributed by atoms with Gasteiger partial charge in [0.05, 0.1) is 25.0 Å². The molecule has 0 atom stereocenters. The summed E-state index contributed by atoms with van der Waals surface area (Å²) < 4.78 is 26.6. The number of hydrogen-bond donors (Lipinski definition) is 1. The van der Waals surface area contributed by atoms with E-state index in [1.54, 1.807) is 25.3 Å². The molecular weight excluding hydrogens is 447 g/mol. The molecule has 0 fully saturated rings. The van der Waals surface area contributed by atoms with Crippen LogP contribution in [0.15, 0.2) is 72.8 Å². The molecule has 1 aromatic heterocycles. The van der Waals surface area contributed by atoms with Crippen molar-refractivity contribution in [1.29, 1.82) is 0 Å². The van der Waals surface area contributed by atoms with Crippen molar-refractivity contribution in [2.75, 3.05) is 13.7 Å². The Balaban J connectivity index is 1.85. The second-order valence-corrected chi connectivity index (χ2v) is 8.48. The summed E-state index contributed by atoms with van der Waals surface area (Å²) in [4.78, 5) is 11.1. The van der Waals surface area contributed by atoms with Crippen LogP contribution >= 0.6 is 0 Å². The standard InChI is InChI=1S/C28H27FN2O4/c1-18(2)20-10-13-27(35-17-28(32)33)23(14-20)24-15-25(19-8-11-22(29)12-9-19)31(30-24)16-21-6-4-5-7-26(21)34-3/h4-15,18H,16-17H2,1-3H3,(H,32,33). The lowest BCUT2D eigenvalue weighted by Gasteiger charge is -2.13. The Bertz CT molecular complexity index is 1330. The molecule has 35 heavy (non-hydrogen) atoms. The number of ether oxygens (including phenoxy) is 2. The first-order chi connectivity index (χ1) is 16.9. The summed E-state index contributed by atoms with van der Waals surface area (Å²) in [6.45, 7) is 4.13. The molecule has 0 saturated heterocycles. The molecule has 3 aromatic carbocycles. The number of carboxylic acid groups (broad SMARTS) is 1. The molecule has 0 spiro atoms. The molecule has 4 rings (SSSR count). The van der Waals surface area contributed by atoms with Gasteiger partial charge in [-0.3, -0.25) is 4.68 Å². The zero-order valence-corrected chi connectivity index (χ0v) is 19.9. The maximum atomic E-state index is 13.6. The topological polar surface area (TPSA) is 73.6 Å². The normalized spacial score (nSPS) is 11.0. The van der Waals surface area contributed by atoms with Gasteiger partial charge in [0, 0.05) is 16.7 Å². The van der Waals surface area contributed by atoms with Crippen LogP contribution < -0.4 is 9.47 Å². The third kappa shape index (κ3) is 5.51. The maximum absolute atomic E-state index is 13.6. The monoisotopic (exact) mass is 474 g/mol. The van der Waals surface area contributed by atoms with Gasteiger partial charge in [-0.25, -0.2) is 9.18 Å². The molecule has 0 amide bonds. The van der Waals surface area contributed by atoms with E-state index in [1.165, 1.54) is 12.1 Å². The number of aliphatic carboxylic acids is 1. The second-order valence-electron chi connectivity index (χ2n) is 8.48. The van der Waals surface area contributed by atoms with E-state index in [0.29, 0.717) is 23.6 Å². The molecule has 0 aliphatic carbocycles. The Kier molecular flexibility index (Phi) is 7.15. The first-order valence-electron chi connectivity index (χ1n) is 11.3. The minimum atomic E-state index is -1.06. The molecular formula is C28H27FN2O4. The van der Waals surface area contributed by atoms with Gasteiger partial charge in [-0.15, -0.1) is 0 Å². The number of methoxy groups -OCH3 is 1. The number of para-hydroxylation sites is 1. The van der Waals surface area contributed by atoms with Gasteiger partial charge in [0.25, 0.3) is 0 Å². The molecule has 0 saturated carbocycles. The molecule has 0 bridgehead atoms. The van der Waals surface area contributed by atoms with Crippen LogP contribution in [0.1, 0.15) is 30.9 Å². The Morgan fingerprint density at radius 2 is 1.77 bits per heavy atom. The smallest absolute Gasteiger partial charge is 0.341 e. The molecule has 6 nitrogen and oxygen atoms in total. The largest absolute Gasteiger partial charge is 0.496 e. The lowest BCUT2D eigenvalue weighted by molar-refractivity contribution is -0.139. The first kappa shape index (κ1) is 24.0. The molecule has 180 valence electrons. The van der Waals surface area contributed by atoms with Crippen molar-refractivity contribution >= 4 is 5.97 Å². The number of benzene rings is 3. The molecule has 4 aromatic rings. The van der Waals surface area contributed by atoms with Gasteiger partial charge in [-0.1, -0.05) is 38.1 Å². The van der Waals surface area contributed by atoms with Crippen molar-refractivity contribution in [1.82, 2.24) is 9.78 Å². The van der Waals surface area contributed by atoms with Crippen LogP contribution in [0.25, 0.3) is 22.5 Å². The average molecular weight is 475 g/mol. The maximum Gasteiger partial charge on any atom is 0.341 e. The summed E-state index contributed by atoms with van der Waals surface area (Å²) in [7, 11) is 1.62. The predicted octanol–water partition coefficient (Wildman–Crippen LogP) is 6.00. The minimum Gasteiger partial charge on any atom is -0.496 e. The molecule has 1 N–H and O–H groups in total. The molecule has 0 radical (unpaired) electrons. The molecule has 1 heterocycles. The predicted molar refractivity (Wildman–Crippen MR) is 132 cm³/mol. The number of halogens is 1. The van der Waals surface area contributed by atoms with Crippen LogP contribution in [0.4, 0.5) is 4.39 Å². The van der Waals surface area contributed by atoms with Crippen molar-refractivity contribution in [3.8, 4) is 34.0 Å². The Hall–Kier alpha value is -4.13. The Morgan fingerprint density at radius 3 is 2.46 bits per heavy atom. The molecule has 0 aliphatic heterocycles. The van der Waals surface area contributed by atoms with Crippen LogP contribution in [0, 0.1) is 5.82 Å². The second kappa shape index (κ2) is 10.4. The van der Waals surface area contributed by atoms with E-state index < -0.39 is 12.6 Å². The number of nitrogens with zero attached hydrogens (tertiary/aromatic N) is 2. The van der Waals surface area contributed by atoms with E-state index >= 15 is 0 Å². The van der Waals surface area contributed by atoms with Crippen LogP contribution in [0.3, 0.4) is 0 Å². The fourth-order valence-corrected chi connectivity index (χ4v) is 3.89. The van der Waals surface area contributed by atoms with Gasteiger partial charge in [-0.2, -0.15) is 5.10 Å². The Morgan fingerprint density at radius 1 is 1.03 bits per heavy atom. The van der Waals surface area contributed by atoms with Gasteiger partial charge in [-0.05, 0) is 60.0 Å². The fraction of sp³-hybridized carbons (Fsp3) is 0.214. The number of aromatic nitrogens is 2. The van der Waals surface area contributed by atoms with Gasteiger partial charge in [0.15, 0.2) is 6.61 Å². The fourth-order valence-electron chi connectivity index (χ4n) is 3.89. The highest BCUT2D eigenvalue weighted by atomic mass is 19.1. The quantitative estimate of drug-likeness (QED) is 0.322. The van der Waals surface area contributed by atoms with E-state index in [1.807, 2.05) is 47.1 Å². The number of hydrogen-bond acceptors (Lipinski definition) is 4. The summed E-state index contributed by atoms with van der Waals surface area (Å²) in [5.74, 6) is 0.0529. The summed E-state index contributed by atoms with van der Waals surface area (Å²) in [6, 6.07) is 21.5. The first-order valence-corrected chi connectivity index (χ1v) is 11.3. The van der Waals surface area contributed by atoms with E-state index in [0.717, 1.165) is 28.1 Å². The van der Waals surface area contributed by atoms with Crippen LogP contribution in [-0.2, 0) is 11.3 Å². The van der Waals surface area contributed by atoms with E-state index in [9.17, 15) is 9.18 Å². The van der Waals surface area contributed by atoms with Crippen LogP contribution in [-0.4, -0.2) is 34.6 Å². The zero-order valence-electron chi connectivity index (χ0n) is 19.9. The van der Waals surface area contributed by atoms with Crippen molar-refractivity contribution < 1.29 is 23.8 Å². The molecule has 0 unspecified atom stereocenters.